The van der Waals surface area contributed by atoms with Gasteiger partial charge in [-0.25, -0.2) is 0 Å². The van der Waals surface area contributed by atoms with E-state index in [0.717, 1.165) is 0 Å². The van der Waals surface area contributed by atoms with E-state index in [1.807, 2.05) is 6.92 Å². The summed E-state index contributed by atoms with van der Waals surface area (Å²) in [6, 6.07) is 0. The largest absolute Gasteiger partial charge is 0.462 e. The van der Waals surface area contributed by atoms with Gasteiger partial charge in [0.1, 0.15) is 24.4 Å². The average molecular weight is 228 g/mol. The van der Waals surface area contributed by atoms with Gasteiger partial charge in [-0.2, -0.15) is 0 Å². The molecule has 0 amide bonds. The molecule has 0 spiro atoms. The monoisotopic (exact) mass is 228 g/mol. The zero-order valence-electron chi connectivity index (χ0n) is 9.47. The average Bonchev–Trinajstić information content (AvgIpc) is 2.91. The van der Waals surface area contributed by atoms with Crippen LogP contribution in [0.4, 0.5) is 0 Å². The highest BCUT2D eigenvalue weighted by atomic mass is 16.6. The maximum Gasteiger partial charge on any atom is 0.313 e. The number of methoxy groups -OCH3 is 1. The van der Waals surface area contributed by atoms with Gasteiger partial charge in [-0.3, -0.25) is 9.59 Å². The van der Waals surface area contributed by atoms with E-state index in [4.69, 9.17) is 14.2 Å². The first-order chi connectivity index (χ1) is 7.60. The van der Waals surface area contributed by atoms with Crippen molar-refractivity contribution in [3.8, 4) is 0 Å². The smallest absolute Gasteiger partial charge is 0.313 e. The molecule has 2 saturated heterocycles. The summed E-state index contributed by atoms with van der Waals surface area (Å²) in [4.78, 5) is 22.8. The van der Waals surface area contributed by atoms with Crippen LogP contribution in [-0.2, 0) is 23.8 Å². The lowest BCUT2D eigenvalue weighted by atomic mass is 10.0. The highest BCUT2D eigenvalue weighted by Gasteiger charge is 2.47. The molecule has 0 aliphatic carbocycles. The number of fused-ring (bicyclic) bond motifs is 1. The Bertz CT molecular complexity index is 301. The highest BCUT2D eigenvalue weighted by Crippen LogP contribution is 2.33. The van der Waals surface area contributed by atoms with Gasteiger partial charge in [0.2, 0.25) is 0 Å². The Kier molecular flexibility index (Phi) is 3.25. The molecule has 2 rings (SSSR count). The summed E-state index contributed by atoms with van der Waals surface area (Å²) in [6.07, 6.45) is 0.334. The second kappa shape index (κ2) is 4.51. The topological polar surface area (TPSA) is 65.1 Å². The van der Waals surface area contributed by atoms with Crippen molar-refractivity contribution in [3.05, 3.63) is 0 Å². The molecule has 0 unspecified atom stereocenters. The summed E-state index contributed by atoms with van der Waals surface area (Å²) in [5, 5.41) is 0. The van der Waals surface area contributed by atoms with Gasteiger partial charge in [-0.1, -0.05) is 0 Å². The van der Waals surface area contributed by atoms with E-state index in [9.17, 15) is 9.59 Å². The number of carbonyl (C=O) groups is 2. The predicted octanol–water partition coefficient (Wildman–Crippen LogP) is 0.453. The molecule has 0 aromatic rings. The minimum Gasteiger partial charge on any atom is -0.462 e. The normalized spacial score (nSPS) is 39.9. The Hall–Kier alpha value is -0.940. The number of ether oxygens (including phenoxy) is 3. The van der Waals surface area contributed by atoms with Gasteiger partial charge < -0.3 is 14.2 Å². The molecule has 2 aliphatic heterocycles. The maximum absolute atomic E-state index is 11.5. The molecule has 16 heavy (non-hydrogen) atoms. The number of esters is 1. The second-order valence-electron chi connectivity index (χ2n) is 4.37. The van der Waals surface area contributed by atoms with Crippen LogP contribution in [0.15, 0.2) is 0 Å². The predicted molar refractivity (Wildman–Crippen MR) is 53.9 cm³/mol. The minimum absolute atomic E-state index is 0.0202. The first kappa shape index (κ1) is 11.5. The van der Waals surface area contributed by atoms with E-state index in [-0.39, 0.29) is 43.0 Å². The Balaban J connectivity index is 2.04. The Labute approximate surface area is 94.0 Å². The zero-order chi connectivity index (χ0) is 11.7. The fraction of sp³-hybridized carbons (Fsp3) is 0.818. The number of Topliss-reactive ketones (excluding diaryl/α,β-unsaturated/α-hetero) is 1. The molecule has 0 radical (unpaired) electrons. The maximum atomic E-state index is 11.5. The minimum atomic E-state index is -0.452. The summed E-state index contributed by atoms with van der Waals surface area (Å²) in [7, 11) is 1.56. The molecule has 2 aliphatic rings. The molecule has 5 nitrogen and oxygen atoms in total. The van der Waals surface area contributed by atoms with Crippen molar-refractivity contribution in [2.75, 3.05) is 7.11 Å². The number of cyclic esters (lactones) is 1. The fourth-order valence-corrected chi connectivity index (χ4v) is 2.11. The molecule has 2 heterocycles. The quantitative estimate of drug-likeness (QED) is 0.370. The molecule has 90 valence electrons. The van der Waals surface area contributed by atoms with Crippen LogP contribution in [0.25, 0.3) is 0 Å². The van der Waals surface area contributed by atoms with E-state index < -0.39 is 5.97 Å². The van der Waals surface area contributed by atoms with Crippen LogP contribution < -0.4 is 0 Å². The third kappa shape index (κ3) is 2.59. The van der Waals surface area contributed by atoms with Crippen LogP contribution in [-0.4, -0.2) is 43.3 Å². The van der Waals surface area contributed by atoms with Crippen molar-refractivity contribution in [2.45, 2.75) is 50.6 Å². The standard InChI is InChI=1S/C11H16O5/c1-6-3-9-11(16-9)8(14-2)4-7(12)5-10(13)15-6/h6,8-9,11H,3-5H2,1-2H3/t6-,8-,9+,11+/m1/s1. The van der Waals surface area contributed by atoms with E-state index in [0.29, 0.717) is 6.42 Å². The molecule has 0 aromatic heterocycles. The van der Waals surface area contributed by atoms with Gasteiger partial charge in [0.25, 0.3) is 0 Å². The third-order valence-electron chi connectivity index (χ3n) is 2.96. The zero-order valence-corrected chi connectivity index (χ0v) is 9.47. The Morgan fingerprint density at radius 1 is 1.38 bits per heavy atom. The number of hydrogen-bond donors (Lipinski definition) is 0. The summed E-state index contributed by atoms with van der Waals surface area (Å²) < 4.78 is 15.7. The van der Waals surface area contributed by atoms with Gasteiger partial charge >= 0.3 is 5.97 Å². The SMILES string of the molecule is CO[C@@H]1CC(=O)CC(=O)O[C@H](C)C[C@@H]2O[C@H]21. The number of carbonyl (C=O) groups excluding carboxylic acids is 2. The number of epoxide rings is 1. The van der Waals surface area contributed by atoms with Crippen LogP contribution >= 0.6 is 0 Å². The molecule has 0 bridgehead atoms. The van der Waals surface area contributed by atoms with Crippen molar-refractivity contribution >= 4 is 11.8 Å². The van der Waals surface area contributed by atoms with E-state index >= 15 is 0 Å². The molecule has 0 saturated carbocycles. The van der Waals surface area contributed by atoms with Gasteiger partial charge in [-0.05, 0) is 6.92 Å². The molecule has 0 aromatic carbocycles. The molecular weight excluding hydrogens is 212 g/mol. The van der Waals surface area contributed by atoms with Crippen molar-refractivity contribution in [1.29, 1.82) is 0 Å². The molecule has 2 fully saturated rings. The Morgan fingerprint density at radius 2 is 2.12 bits per heavy atom. The van der Waals surface area contributed by atoms with Gasteiger partial charge in [-0.15, -0.1) is 0 Å². The van der Waals surface area contributed by atoms with Crippen LogP contribution in [0.1, 0.15) is 26.2 Å². The van der Waals surface area contributed by atoms with E-state index in [1.54, 1.807) is 7.11 Å². The molecule has 4 atom stereocenters. The van der Waals surface area contributed by atoms with E-state index in [1.165, 1.54) is 0 Å². The lowest BCUT2D eigenvalue weighted by Crippen LogP contribution is -2.29. The second-order valence-corrected chi connectivity index (χ2v) is 4.37. The highest BCUT2D eigenvalue weighted by molar-refractivity contribution is 5.95. The number of hydrogen-bond acceptors (Lipinski definition) is 5. The number of rotatable bonds is 1. The van der Waals surface area contributed by atoms with Crippen molar-refractivity contribution < 1.29 is 23.8 Å². The lowest BCUT2D eigenvalue weighted by molar-refractivity contribution is -0.151. The first-order valence-electron chi connectivity index (χ1n) is 5.49. The van der Waals surface area contributed by atoms with Crippen molar-refractivity contribution in [1.82, 2.24) is 0 Å². The molecule has 0 N–H and O–H groups in total. The van der Waals surface area contributed by atoms with Crippen LogP contribution in [0.3, 0.4) is 0 Å². The number of ketones is 1. The molecule has 5 heteroatoms. The summed E-state index contributed by atoms with van der Waals surface area (Å²) >= 11 is 0. The molecular formula is C11H16O5. The first-order valence-corrected chi connectivity index (χ1v) is 5.49. The summed E-state index contributed by atoms with van der Waals surface area (Å²) in [6.45, 7) is 1.81. The van der Waals surface area contributed by atoms with Crippen LogP contribution in [0.5, 0.6) is 0 Å². The van der Waals surface area contributed by atoms with Gasteiger partial charge in [0, 0.05) is 20.0 Å². The lowest BCUT2D eigenvalue weighted by Gasteiger charge is -2.16. The van der Waals surface area contributed by atoms with Crippen LogP contribution in [0.2, 0.25) is 0 Å². The van der Waals surface area contributed by atoms with E-state index in [2.05, 4.69) is 0 Å². The van der Waals surface area contributed by atoms with Gasteiger partial charge in [0.05, 0.1) is 12.2 Å². The van der Waals surface area contributed by atoms with Crippen molar-refractivity contribution in [3.63, 3.8) is 0 Å². The third-order valence-corrected chi connectivity index (χ3v) is 2.96. The van der Waals surface area contributed by atoms with Crippen LogP contribution in [0, 0.1) is 0 Å². The van der Waals surface area contributed by atoms with Crippen molar-refractivity contribution in [2.24, 2.45) is 0 Å². The Morgan fingerprint density at radius 3 is 2.81 bits per heavy atom. The summed E-state index contributed by atoms with van der Waals surface area (Å²) in [5.74, 6) is -0.605. The van der Waals surface area contributed by atoms with Gasteiger partial charge in [0.15, 0.2) is 0 Å². The fourth-order valence-electron chi connectivity index (χ4n) is 2.11. The summed E-state index contributed by atoms with van der Waals surface area (Å²) in [5.41, 5.74) is 0.